The van der Waals surface area contributed by atoms with Gasteiger partial charge < -0.3 is 10.8 Å². The predicted octanol–water partition coefficient (Wildman–Crippen LogP) is 1.68. The molecule has 0 aliphatic heterocycles. The van der Waals surface area contributed by atoms with E-state index in [1.807, 2.05) is 24.3 Å². The van der Waals surface area contributed by atoms with Crippen molar-refractivity contribution in [2.24, 2.45) is 5.73 Å². The molecule has 0 unspecified atom stereocenters. The number of carboxylic acid groups (broad SMARTS) is 1. The molecule has 18 heavy (non-hydrogen) atoms. The van der Waals surface area contributed by atoms with E-state index in [9.17, 15) is 9.90 Å². The van der Waals surface area contributed by atoms with Gasteiger partial charge in [-0.25, -0.2) is 0 Å². The first-order valence-corrected chi connectivity index (χ1v) is 5.96. The molecule has 4 heteroatoms. The minimum Gasteiger partial charge on any atom is -0.481 e. The third kappa shape index (κ3) is 1.42. The molecule has 3 N–H and O–H groups in total. The van der Waals surface area contributed by atoms with Gasteiger partial charge in [0.2, 0.25) is 0 Å². The van der Waals surface area contributed by atoms with E-state index >= 15 is 0 Å². The molecular formula is C14H14N2O2. The Hall–Kier alpha value is -1.94. The van der Waals surface area contributed by atoms with Crippen LogP contribution in [-0.2, 0) is 10.2 Å². The van der Waals surface area contributed by atoms with Gasteiger partial charge in [-0.2, -0.15) is 0 Å². The lowest BCUT2D eigenvalue weighted by Crippen LogP contribution is -2.54. The van der Waals surface area contributed by atoms with Crippen LogP contribution >= 0.6 is 0 Å². The van der Waals surface area contributed by atoms with Gasteiger partial charge in [0.1, 0.15) is 0 Å². The van der Waals surface area contributed by atoms with Gasteiger partial charge in [-0.05, 0) is 29.9 Å². The van der Waals surface area contributed by atoms with Crippen LogP contribution in [0.4, 0.5) is 0 Å². The average Bonchev–Trinajstić information content (AvgIpc) is 2.34. The molecule has 0 bridgehead atoms. The van der Waals surface area contributed by atoms with E-state index in [2.05, 4.69) is 4.98 Å². The fourth-order valence-electron chi connectivity index (χ4n) is 2.88. The standard InChI is InChI=1S/C14H14N2O2/c15-10-6-14(7-10,13(17)18)12-3-1-2-9-8-16-5-4-11(9)12/h1-5,8,10H,6-7,15H2,(H,17,18). The summed E-state index contributed by atoms with van der Waals surface area (Å²) in [5, 5.41) is 11.5. The Morgan fingerprint density at radius 1 is 1.39 bits per heavy atom. The number of nitrogens with two attached hydrogens (primary N) is 1. The Morgan fingerprint density at radius 2 is 2.17 bits per heavy atom. The quantitative estimate of drug-likeness (QED) is 0.840. The Kier molecular flexibility index (Phi) is 2.35. The van der Waals surface area contributed by atoms with Crippen LogP contribution in [0.25, 0.3) is 10.8 Å². The molecule has 0 saturated heterocycles. The number of aromatic nitrogens is 1. The number of benzene rings is 1. The number of carbonyl (C=O) groups is 1. The van der Waals surface area contributed by atoms with Crippen molar-refractivity contribution >= 4 is 16.7 Å². The molecule has 3 rings (SSSR count). The molecule has 1 saturated carbocycles. The maximum Gasteiger partial charge on any atom is 0.314 e. The molecule has 0 radical (unpaired) electrons. The van der Waals surface area contributed by atoms with Crippen LogP contribution in [-0.4, -0.2) is 22.1 Å². The van der Waals surface area contributed by atoms with Crippen molar-refractivity contribution in [3.63, 3.8) is 0 Å². The number of carboxylic acids is 1. The van der Waals surface area contributed by atoms with Gasteiger partial charge in [0.25, 0.3) is 0 Å². The molecule has 1 aromatic heterocycles. The number of pyridine rings is 1. The van der Waals surface area contributed by atoms with E-state index in [1.54, 1.807) is 12.4 Å². The van der Waals surface area contributed by atoms with Gasteiger partial charge >= 0.3 is 5.97 Å². The maximum atomic E-state index is 11.6. The first-order chi connectivity index (χ1) is 8.63. The first-order valence-electron chi connectivity index (χ1n) is 5.96. The van der Waals surface area contributed by atoms with Crippen LogP contribution in [0, 0.1) is 0 Å². The van der Waals surface area contributed by atoms with Gasteiger partial charge in [0.15, 0.2) is 0 Å². The largest absolute Gasteiger partial charge is 0.481 e. The van der Waals surface area contributed by atoms with Gasteiger partial charge in [-0.15, -0.1) is 0 Å². The molecule has 0 spiro atoms. The lowest BCUT2D eigenvalue weighted by molar-refractivity contribution is -0.148. The van der Waals surface area contributed by atoms with Gasteiger partial charge in [0, 0.05) is 23.8 Å². The zero-order valence-corrected chi connectivity index (χ0v) is 9.84. The summed E-state index contributed by atoms with van der Waals surface area (Å²) in [6, 6.07) is 7.58. The summed E-state index contributed by atoms with van der Waals surface area (Å²) in [5.41, 5.74) is 5.84. The molecule has 0 amide bonds. The average molecular weight is 242 g/mol. The van der Waals surface area contributed by atoms with Crippen LogP contribution in [0.1, 0.15) is 18.4 Å². The topological polar surface area (TPSA) is 76.2 Å². The first kappa shape index (κ1) is 11.2. The third-order valence-electron chi connectivity index (χ3n) is 3.83. The molecule has 92 valence electrons. The Morgan fingerprint density at radius 3 is 2.83 bits per heavy atom. The number of fused-ring (bicyclic) bond motifs is 1. The fraction of sp³-hybridized carbons (Fsp3) is 0.286. The van der Waals surface area contributed by atoms with E-state index in [0.29, 0.717) is 12.8 Å². The molecule has 1 heterocycles. The molecule has 1 aliphatic carbocycles. The van der Waals surface area contributed by atoms with Gasteiger partial charge in [-0.3, -0.25) is 9.78 Å². The minimum absolute atomic E-state index is 0.0156. The van der Waals surface area contributed by atoms with Gasteiger partial charge in [-0.1, -0.05) is 18.2 Å². The van der Waals surface area contributed by atoms with Crippen molar-refractivity contribution in [1.82, 2.24) is 4.98 Å². The van der Waals surface area contributed by atoms with Gasteiger partial charge in [0.05, 0.1) is 5.41 Å². The summed E-state index contributed by atoms with van der Waals surface area (Å²) in [7, 11) is 0. The second kappa shape index (κ2) is 3.78. The zero-order chi connectivity index (χ0) is 12.8. The highest BCUT2D eigenvalue weighted by Crippen LogP contribution is 2.45. The molecule has 0 atom stereocenters. The lowest BCUT2D eigenvalue weighted by atomic mass is 9.61. The molecule has 1 aromatic carbocycles. The van der Waals surface area contributed by atoms with E-state index in [4.69, 9.17) is 5.73 Å². The van der Waals surface area contributed by atoms with Crippen LogP contribution in [0.2, 0.25) is 0 Å². The summed E-state index contributed by atoms with van der Waals surface area (Å²) in [6.45, 7) is 0. The number of rotatable bonds is 2. The van der Waals surface area contributed by atoms with Crippen molar-refractivity contribution in [2.45, 2.75) is 24.3 Å². The van der Waals surface area contributed by atoms with E-state index in [-0.39, 0.29) is 6.04 Å². The van der Waals surface area contributed by atoms with Crippen molar-refractivity contribution in [3.05, 3.63) is 42.2 Å². The SMILES string of the molecule is NC1CC(C(=O)O)(c2cccc3cnccc23)C1. The predicted molar refractivity (Wildman–Crippen MR) is 68.3 cm³/mol. The smallest absolute Gasteiger partial charge is 0.314 e. The number of hydrogen-bond acceptors (Lipinski definition) is 3. The second-order valence-corrected chi connectivity index (χ2v) is 4.96. The Bertz CT molecular complexity index is 613. The molecule has 1 fully saturated rings. The maximum absolute atomic E-state index is 11.6. The van der Waals surface area contributed by atoms with Crippen LogP contribution in [0.15, 0.2) is 36.7 Å². The normalized spacial score (nSPS) is 26.8. The Balaban J connectivity index is 2.22. The number of hydrogen-bond donors (Lipinski definition) is 2. The lowest BCUT2D eigenvalue weighted by Gasteiger charge is -2.43. The van der Waals surface area contributed by atoms with Crippen molar-refractivity contribution in [2.75, 3.05) is 0 Å². The summed E-state index contributed by atoms with van der Waals surface area (Å²) in [6.07, 6.45) is 4.46. The summed E-state index contributed by atoms with van der Waals surface area (Å²) < 4.78 is 0. The van der Waals surface area contributed by atoms with Crippen LogP contribution in [0.3, 0.4) is 0 Å². The highest BCUT2D eigenvalue weighted by molar-refractivity contribution is 5.93. The number of aliphatic carboxylic acids is 1. The molecule has 2 aromatic rings. The summed E-state index contributed by atoms with van der Waals surface area (Å²) in [4.78, 5) is 15.7. The van der Waals surface area contributed by atoms with Crippen molar-refractivity contribution < 1.29 is 9.90 Å². The van der Waals surface area contributed by atoms with E-state index in [0.717, 1.165) is 16.3 Å². The molecule has 1 aliphatic rings. The molecule has 4 nitrogen and oxygen atoms in total. The van der Waals surface area contributed by atoms with E-state index < -0.39 is 11.4 Å². The van der Waals surface area contributed by atoms with Crippen molar-refractivity contribution in [3.8, 4) is 0 Å². The fourth-order valence-corrected chi connectivity index (χ4v) is 2.88. The van der Waals surface area contributed by atoms with Crippen molar-refractivity contribution in [1.29, 1.82) is 0 Å². The van der Waals surface area contributed by atoms with E-state index in [1.165, 1.54) is 0 Å². The summed E-state index contributed by atoms with van der Waals surface area (Å²) >= 11 is 0. The highest BCUT2D eigenvalue weighted by Gasteiger charge is 2.51. The Labute approximate surface area is 104 Å². The van der Waals surface area contributed by atoms with Crippen LogP contribution < -0.4 is 5.73 Å². The summed E-state index contributed by atoms with van der Waals surface area (Å²) in [5.74, 6) is -0.784. The van der Waals surface area contributed by atoms with Crippen LogP contribution in [0.5, 0.6) is 0 Å². The third-order valence-corrected chi connectivity index (χ3v) is 3.83. The molecular weight excluding hydrogens is 228 g/mol. The second-order valence-electron chi connectivity index (χ2n) is 4.96. The highest BCUT2D eigenvalue weighted by atomic mass is 16.4. The minimum atomic E-state index is -0.819. The zero-order valence-electron chi connectivity index (χ0n) is 9.84. The monoisotopic (exact) mass is 242 g/mol. The number of nitrogens with zero attached hydrogens (tertiary/aromatic N) is 1.